The number of aromatic nitrogens is 1. The smallest absolute Gasteiger partial charge is 0.268 e. The van der Waals surface area contributed by atoms with Crippen LogP contribution in [0.2, 0.25) is 0 Å². The van der Waals surface area contributed by atoms with Crippen LogP contribution < -0.4 is 11.1 Å². The molecule has 1 aromatic heterocycles. The van der Waals surface area contributed by atoms with E-state index in [0.29, 0.717) is 15.8 Å². The van der Waals surface area contributed by atoms with E-state index in [4.69, 9.17) is 5.73 Å². The lowest BCUT2D eigenvalue weighted by Gasteiger charge is -2.31. The maximum absolute atomic E-state index is 12.4. The van der Waals surface area contributed by atoms with Crippen LogP contribution in [0.4, 0.5) is 10.9 Å². The molecule has 0 aliphatic carbocycles. The van der Waals surface area contributed by atoms with Crippen LogP contribution in [-0.4, -0.2) is 34.9 Å². The molecular weight excluding hydrogens is 236 g/mol. The van der Waals surface area contributed by atoms with Gasteiger partial charge in [-0.15, -0.1) is 0 Å². The molecule has 1 aromatic rings. The molecule has 0 unspecified atom stereocenters. The van der Waals surface area contributed by atoms with Crippen molar-refractivity contribution in [2.75, 3.05) is 24.6 Å². The molecule has 1 saturated heterocycles. The molecule has 0 bridgehead atoms. The summed E-state index contributed by atoms with van der Waals surface area (Å²) in [5.74, 6) is 0.330. The number of hydrogen-bond acceptors (Lipinski definition) is 5. The van der Waals surface area contributed by atoms with Crippen LogP contribution in [0.1, 0.15) is 36.4 Å². The van der Waals surface area contributed by atoms with Gasteiger partial charge in [0.15, 0.2) is 5.13 Å². The Labute approximate surface area is 105 Å². The molecule has 94 valence electrons. The van der Waals surface area contributed by atoms with Crippen molar-refractivity contribution in [2.45, 2.75) is 32.2 Å². The Balaban J connectivity index is 2.28. The third kappa shape index (κ3) is 2.09. The van der Waals surface area contributed by atoms with E-state index in [-0.39, 0.29) is 11.4 Å². The van der Waals surface area contributed by atoms with E-state index in [0.717, 1.165) is 19.4 Å². The highest BCUT2D eigenvalue weighted by molar-refractivity contribution is 7.18. The number of nitrogens with one attached hydrogen (secondary N) is 1. The number of anilines is 2. The highest BCUT2D eigenvalue weighted by atomic mass is 32.1. The quantitative estimate of drug-likeness (QED) is 0.844. The Bertz CT molecular complexity index is 441. The summed E-state index contributed by atoms with van der Waals surface area (Å²) in [6.07, 6.45) is 2.09. The lowest BCUT2D eigenvalue weighted by Crippen LogP contribution is -2.42. The van der Waals surface area contributed by atoms with Gasteiger partial charge >= 0.3 is 0 Å². The standard InChI is InChI=1S/C11H18N4OS/c1-11(2)5-4-6-15(11)9(16)7-8(12)14-10(13-3)17-7/h4-6,12H2,1-3H3,(H,13,14). The molecule has 1 fully saturated rings. The van der Waals surface area contributed by atoms with Gasteiger partial charge < -0.3 is 16.0 Å². The fourth-order valence-electron chi connectivity index (χ4n) is 2.20. The molecule has 2 heterocycles. The molecule has 0 saturated carbocycles. The molecular formula is C11H18N4OS. The van der Waals surface area contributed by atoms with Crippen molar-refractivity contribution in [3.05, 3.63) is 4.88 Å². The lowest BCUT2D eigenvalue weighted by molar-refractivity contribution is 0.0658. The van der Waals surface area contributed by atoms with Crippen molar-refractivity contribution in [1.29, 1.82) is 0 Å². The van der Waals surface area contributed by atoms with Crippen molar-refractivity contribution >= 4 is 28.2 Å². The summed E-state index contributed by atoms with van der Waals surface area (Å²) >= 11 is 1.32. The largest absolute Gasteiger partial charge is 0.382 e. The normalized spacial score (nSPS) is 18.4. The Morgan fingerprint density at radius 3 is 2.76 bits per heavy atom. The molecule has 3 N–H and O–H groups in total. The van der Waals surface area contributed by atoms with Gasteiger partial charge in [0.05, 0.1) is 0 Å². The summed E-state index contributed by atoms with van der Waals surface area (Å²) in [7, 11) is 1.77. The van der Waals surface area contributed by atoms with E-state index < -0.39 is 0 Å². The fourth-order valence-corrected chi connectivity index (χ4v) is 2.99. The van der Waals surface area contributed by atoms with E-state index in [1.165, 1.54) is 11.3 Å². The molecule has 1 amide bonds. The Kier molecular flexibility index (Phi) is 2.99. The second-order valence-electron chi connectivity index (χ2n) is 4.86. The second kappa shape index (κ2) is 4.18. The number of likely N-dealkylation sites (tertiary alicyclic amines) is 1. The molecule has 1 aliphatic heterocycles. The SMILES string of the molecule is CNc1nc(N)c(C(=O)N2CCCC2(C)C)s1. The van der Waals surface area contributed by atoms with E-state index in [9.17, 15) is 4.79 Å². The van der Waals surface area contributed by atoms with Crippen LogP contribution in [0.15, 0.2) is 0 Å². The fraction of sp³-hybridized carbons (Fsp3) is 0.636. The summed E-state index contributed by atoms with van der Waals surface area (Å²) < 4.78 is 0. The summed E-state index contributed by atoms with van der Waals surface area (Å²) in [6.45, 7) is 4.99. The molecule has 5 nitrogen and oxygen atoms in total. The number of nitrogens with zero attached hydrogens (tertiary/aromatic N) is 2. The van der Waals surface area contributed by atoms with Crippen molar-refractivity contribution in [3.8, 4) is 0 Å². The van der Waals surface area contributed by atoms with Gasteiger partial charge in [0.25, 0.3) is 5.91 Å². The van der Waals surface area contributed by atoms with Crippen LogP contribution >= 0.6 is 11.3 Å². The molecule has 17 heavy (non-hydrogen) atoms. The molecule has 1 aliphatic rings. The van der Waals surface area contributed by atoms with Crippen LogP contribution in [0.25, 0.3) is 0 Å². The number of amides is 1. The van der Waals surface area contributed by atoms with Gasteiger partial charge in [0.2, 0.25) is 0 Å². The van der Waals surface area contributed by atoms with Crippen molar-refractivity contribution in [1.82, 2.24) is 9.88 Å². The van der Waals surface area contributed by atoms with E-state index in [1.807, 2.05) is 4.90 Å². The molecule has 0 spiro atoms. The van der Waals surface area contributed by atoms with Crippen molar-refractivity contribution in [2.24, 2.45) is 0 Å². The first-order valence-corrected chi connectivity index (χ1v) is 6.53. The zero-order valence-corrected chi connectivity index (χ0v) is 11.2. The highest BCUT2D eigenvalue weighted by Crippen LogP contribution is 2.33. The number of thiazole rings is 1. The molecule has 2 rings (SSSR count). The number of nitrogen functional groups attached to an aromatic ring is 1. The van der Waals surface area contributed by atoms with E-state index in [2.05, 4.69) is 24.1 Å². The number of rotatable bonds is 2. The Hall–Kier alpha value is -1.30. The third-order valence-corrected chi connectivity index (χ3v) is 4.28. The zero-order chi connectivity index (χ0) is 12.6. The van der Waals surface area contributed by atoms with Gasteiger partial charge in [-0.1, -0.05) is 11.3 Å². The lowest BCUT2D eigenvalue weighted by atomic mass is 10.0. The van der Waals surface area contributed by atoms with E-state index >= 15 is 0 Å². The summed E-state index contributed by atoms with van der Waals surface area (Å²) in [5, 5.41) is 3.59. The van der Waals surface area contributed by atoms with Crippen LogP contribution in [-0.2, 0) is 0 Å². The summed E-state index contributed by atoms with van der Waals surface area (Å²) in [5.41, 5.74) is 5.71. The zero-order valence-electron chi connectivity index (χ0n) is 10.4. The van der Waals surface area contributed by atoms with Crippen molar-refractivity contribution in [3.63, 3.8) is 0 Å². The minimum Gasteiger partial charge on any atom is -0.382 e. The summed E-state index contributed by atoms with van der Waals surface area (Å²) in [4.78, 5) is 19.0. The number of carbonyl (C=O) groups is 1. The van der Waals surface area contributed by atoms with Crippen LogP contribution in [0.5, 0.6) is 0 Å². The Morgan fingerprint density at radius 2 is 2.29 bits per heavy atom. The maximum Gasteiger partial charge on any atom is 0.268 e. The average molecular weight is 254 g/mol. The minimum absolute atomic E-state index is 0.00370. The molecule has 0 radical (unpaired) electrons. The van der Waals surface area contributed by atoms with Gasteiger partial charge in [-0.2, -0.15) is 0 Å². The number of nitrogens with two attached hydrogens (primary N) is 1. The van der Waals surface area contributed by atoms with Gasteiger partial charge in [0, 0.05) is 19.1 Å². The average Bonchev–Trinajstić information content (AvgIpc) is 2.80. The number of carbonyl (C=O) groups excluding carboxylic acids is 1. The van der Waals surface area contributed by atoms with E-state index in [1.54, 1.807) is 7.05 Å². The molecule has 6 heteroatoms. The van der Waals surface area contributed by atoms with Crippen molar-refractivity contribution < 1.29 is 4.79 Å². The topological polar surface area (TPSA) is 71.2 Å². The predicted molar refractivity (Wildman–Crippen MR) is 70.4 cm³/mol. The van der Waals surface area contributed by atoms with Gasteiger partial charge in [0.1, 0.15) is 10.7 Å². The molecule has 0 atom stereocenters. The first kappa shape index (κ1) is 12.2. The van der Waals surface area contributed by atoms with Gasteiger partial charge in [-0.25, -0.2) is 4.98 Å². The molecule has 0 aromatic carbocycles. The number of hydrogen-bond donors (Lipinski definition) is 2. The first-order chi connectivity index (χ1) is 7.95. The Morgan fingerprint density at radius 1 is 1.59 bits per heavy atom. The monoisotopic (exact) mass is 254 g/mol. The predicted octanol–water partition coefficient (Wildman–Crippen LogP) is 1.78. The van der Waals surface area contributed by atoms with Gasteiger partial charge in [-0.3, -0.25) is 4.79 Å². The minimum atomic E-state index is -0.0761. The second-order valence-corrected chi connectivity index (χ2v) is 5.86. The maximum atomic E-state index is 12.4. The van der Waals surface area contributed by atoms with Crippen LogP contribution in [0.3, 0.4) is 0 Å². The van der Waals surface area contributed by atoms with Gasteiger partial charge in [-0.05, 0) is 26.7 Å². The van der Waals surface area contributed by atoms with Crippen LogP contribution in [0, 0.1) is 0 Å². The highest BCUT2D eigenvalue weighted by Gasteiger charge is 2.37. The third-order valence-electron chi connectivity index (χ3n) is 3.21. The first-order valence-electron chi connectivity index (χ1n) is 5.72. The summed E-state index contributed by atoms with van der Waals surface area (Å²) in [6, 6.07) is 0.